The number of aromatic nitrogens is 2. The Morgan fingerprint density at radius 1 is 1.03 bits per heavy atom. The summed E-state index contributed by atoms with van der Waals surface area (Å²) in [6.45, 7) is 3.31. The van der Waals surface area contributed by atoms with Gasteiger partial charge >= 0.3 is 5.97 Å². The molecule has 13 nitrogen and oxygen atoms in total. The zero-order valence-electron chi connectivity index (χ0n) is 19.6. The first-order chi connectivity index (χ1) is 16.1. The Kier molecular flexibility index (Phi) is 12.8. The van der Waals surface area contributed by atoms with Gasteiger partial charge in [-0.2, -0.15) is 0 Å². The Morgan fingerprint density at radius 2 is 1.65 bits per heavy atom. The molecule has 0 aliphatic carbocycles. The number of nitrogens with zero attached hydrogens (tertiary/aromatic N) is 1. The van der Waals surface area contributed by atoms with Crippen molar-refractivity contribution in [3.8, 4) is 0 Å². The summed E-state index contributed by atoms with van der Waals surface area (Å²) in [6.07, 6.45) is 4.83. The number of rotatable bonds is 16. The molecule has 10 N–H and O–H groups in total. The zero-order chi connectivity index (χ0) is 25.7. The second-order valence-corrected chi connectivity index (χ2v) is 8.51. The third kappa shape index (κ3) is 10.3. The summed E-state index contributed by atoms with van der Waals surface area (Å²) in [5.74, 6) is -3.38. The normalized spacial score (nSPS) is 14.6. The molecule has 192 valence electrons. The molecule has 0 aromatic carbocycles. The van der Waals surface area contributed by atoms with E-state index in [4.69, 9.17) is 11.5 Å². The first-order valence-corrected chi connectivity index (χ1v) is 11.3. The van der Waals surface area contributed by atoms with Crippen LogP contribution in [0.25, 0.3) is 0 Å². The Labute approximate surface area is 198 Å². The number of nitrogens with two attached hydrogens (primary N) is 2. The van der Waals surface area contributed by atoms with Gasteiger partial charge in [0.2, 0.25) is 17.7 Å². The maximum atomic E-state index is 12.9. The summed E-state index contributed by atoms with van der Waals surface area (Å²) in [5.41, 5.74) is 11.9. The van der Waals surface area contributed by atoms with E-state index < -0.39 is 54.5 Å². The minimum absolute atomic E-state index is 0.00775. The first-order valence-electron chi connectivity index (χ1n) is 11.3. The van der Waals surface area contributed by atoms with Crippen LogP contribution < -0.4 is 27.4 Å². The van der Waals surface area contributed by atoms with Gasteiger partial charge in [-0.15, -0.1) is 0 Å². The SMILES string of the molecule is CC(C)CC(NC(=O)C(CO)NC(=O)C(Cc1cnc[nH]1)NC(=O)C(N)CCCCN)C(=O)O. The zero-order valence-corrected chi connectivity index (χ0v) is 19.6. The first kappa shape index (κ1) is 29.0. The Bertz CT molecular complexity index is 787. The van der Waals surface area contributed by atoms with E-state index in [9.17, 15) is 29.4 Å². The summed E-state index contributed by atoms with van der Waals surface area (Å²) in [7, 11) is 0. The molecule has 0 spiro atoms. The fourth-order valence-corrected chi connectivity index (χ4v) is 3.18. The van der Waals surface area contributed by atoms with Gasteiger partial charge in [-0.3, -0.25) is 14.4 Å². The predicted octanol–water partition coefficient (Wildman–Crippen LogP) is -2.01. The number of H-pyrrole nitrogens is 1. The number of carboxylic acids is 1. The van der Waals surface area contributed by atoms with E-state index in [1.165, 1.54) is 12.5 Å². The highest BCUT2D eigenvalue weighted by Gasteiger charge is 2.30. The number of aliphatic hydroxyl groups excluding tert-OH is 1. The van der Waals surface area contributed by atoms with Crippen molar-refractivity contribution in [2.24, 2.45) is 17.4 Å². The average Bonchev–Trinajstić information content (AvgIpc) is 3.29. The molecule has 1 heterocycles. The van der Waals surface area contributed by atoms with Crippen molar-refractivity contribution in [3.63, 3.8) is 0 Å². The van der Waals surface area contributed by atoms with Crippen LogP contribution in [-0.4, -0.2) is 81.2 Å². The van der Waals surface area contributed by atoms with Gasteiger partial charge in [-0.25, -0.2) is 9.78 Å². The van der Waals surface area contributed by atoms with Crippen molar-refractivity contribution in [3.05, 3.63) is 18.2 Å². The van der Waals surface area contributed by atoms with Gasteiger partial charge in [-0.05, 0) is 31.7 Å². The van der Waals surface area contributed by atoms with Gasteiger partial charge in [0.15, 0.2) is 0 Å². The number of hydrogen-bond donors (Lipinski definition) is 8. The maximum absolute atomic E-state index is 12.9. The van der Waals surface area contributed by atoms with E-state index in [2.05, 4.69) is 25.9 Å². The molecular weight excluding hydrogens is 446 g/mol. The Hall–Kier alpha value is -3.03. The number of aliphatic carboxylic acids is 1. The molecule has 0 fully saturated rings. The lowest BCUT2D eigenvalue weighted by Crippen LogP contribution is -2.58. The number of imidazole rings is 1. The van der Waals surface area contributed by atoms with Crippen LogP contribution in [0.3, 0.4) is 0 Å². The highest BCUT2D eigenvalue weighted by Crippen LogP contribution is 2.06. The molecule has 0 aliphatic heterocycles. The van der Waals surface area contributed by atoms with Crippen LogP contribution in [0.5, 0.6) is 0 Å². The molecular formula is C21H37N7O6. The molecule has 3 amide bonds. The van der Waals surface area contributed by atoms with Gasteiger partial charge in [-0.1, -0.05) is 20.3 Å². The standard InChI is InChI=1S/C21H37N7O6/c1-12(2)7-16(21(33)34)27-20(32)17(10-29)28-19(31)15(8-13-9-24-11-25-13)26-18(30)14(23)5-3-4-6-22/h9,11-12,14-17,29H,3-8,10,22-23H2,1-2H3,(H,24,25)(H,26,30)(H,27,32)(H,28,31)(H,33,34). The van der Waals surface area contributed by atoms with E-state index in [0.717, 1.165) is 0 Å². The van der Waals surface area contributed by atoms with Crippen molar-refractivity contribution >= 4 is 23.7 Å². The second kappa shape index (κ2) is 15.0. The summed E-state index contributed by atoms with van der Waals surface area (Å²) >= 11 is 0. The van der Waals surface area contributed by atoms with Crippen LogP contribution >= 0.6 is 0 Å². The molecule has 0 aliphatic rings. The molecule has 4 unspecified atom stereocenters. The predicted molar refractivity (Wildman–Crippen MR) is 123 cm³/mol. The third-order valence-corrected chi connectivity index (χ3v) is 5.06. The molecule has 34 heavy (non-hydrogen) atoms. The van der Waals surface area contributed by atoms with Gasteiger partial charge in [0.1, 0.15) is 18.1 Å². The summed E-state index contributed by atoms with van der Waals surface area (Å²) < 4.78 is 0. The van der Waals surface area contributed by atoms with Gasteiger partial charge in [0.05, 0.1) is 19.0 Å². The van der Waals surface area contributed by atoms with Crippen LogP contribution in [0.15, 0.2) is 12.5 Å². The number of carbonyl (C=O) groups excluding carboxylic acids is 3. The number of nitrogens with one attached hydrogen (secondary N) is 4. The fraction of sp³-hybridized carbons (Fsp3) is 0.667. The fourth-order valence-electron chi connectivity index (χ4n) is 3.18. The number of hydrogen-bond acceptors (Lipinski definition) is 8. The highest BCUT2D eigenvalue weighted by atomic mass is 16.4. The largest absolute Gasteiger partial charge is 0.480 e. The van der Waals surface area contributed by atoms with Crippen LogP contribution in [0.4, 0.5) is 0 Å². The number of aliphatic hydroxyl groups is 1. The van der Waals surface area contributed by atoms with Gasteiger partial charge in [0, 0.05) is 18.3 Å². The summed E-state index contributed by atoms with van der Waals surface area (Å²) in [5, 5.41) is 26.3. The smallest absolute Gasteiger partial charge is 0.326 e. The van der Waals surface area contributed by atoms with E-state index >= 15 is 0 Å². The topological polar surface area (TPSA) is 226 Å². The minimum Gasteiger partial charge on any atom is -0.480 e. The van der Waals surface area contributed by atoms with Gasteiger partial charge in [0.25, 0.3) is 0 Å². The van der Waals surface area contributed by atoms with E-state index in [-0.39, 0.29) is 18.8 Å². The molecule has 0 bridgehead atoms. The molecule has 13 heteroatoms. The number of amides is 3. The highest BCUT2D eigenvalue weighted by molar-refractivity contribution is 5.94. The van der Waals surface area contributed by atoms with Crippen molar-refractivity contribution in [2.75, 3.05) is 13.2 Å². The molecule has 0 saturated heterocycles. The minimum atomic E-state index is -1.42. The number of carboxylic acid groups (broad SMARTS) is 1. The Balaban J connectivity index is 2.88. The maximum Gasteiger partial charge on any atom is 0.326 e. The average molecular weight is 484 g/mol. The van der Waals surface area contributed by atoms with Crippen LogP contribution in [-0.2, 0) is 25.6 Å². The number of carbonyl (C=O) groups is 4. The second-order valence-electron chi connectivity index (χ2n) is 8.51. The lowest BCUT2D eigenvalue weighted by Gasteiger charge is -2.24. The van der Waals surface area contributed by atoms with Crippen molar-refractivity contribution in [2.45, 2.75) is 70.1 Å². The van der Waals surface area contributed by atoms with E-state index in [0.29, 0.717) is 31.5 Å². The monoisotopic (exact) mass is 483 g/mol. The molecule has 0 radical (unpaired) electrons. The van der Waals surface area contributed by atoms with Crippen LogP contribution in [0, 0.1) is 5.92 Å². The van der Waals surface area contributed by atoms with E-state index in [1.807, 2.05) is 0 Å². The molecule has 1 aromatic rings. The Morgan fingerprint density at radius 3 is 2.18 bits per heavy atom. The van der Waals surface area contributed by atoms with Crippen LogP contribution in [0.2, 0.25) is 0 Å². The van der Waals surface area contributed by atoms with Crippen molar-refractivity contribution < 1.29 is 29.4 Å². The number of aromatic amines is 1. The molecule has 4 atom stereocenters. The number of unbranched alkanes of at least 4 members (excludes halogenated alkanes) is 1. The molecule has 1 aromatic heterocycles. The lowest BCUT2D eigenvalue weighted by molar-refractivity contribution is -0.143. The molecule has 0 saturated carbocycles. The van der Waals surface area contributed by atoms with Gasteiger partial charge < -0.3 is 42.6 Å². The summed E-state index contributed by atoms with van der Waals surface area (Å²) in [6, 6.07) is -4.57. The molecule has 1 rings (SSSR count). The third-order valence-electron chi connectivity index (χ3n) is 5.06. The lowest BCUT2D eigenvalue weighted by atomic mass is 10.0. The van der Waals surface area contributed by atoms with Crippen molar-refractivity contribution in [1.29, 1.82) is 0 Å². The summed E-state index contributed by atoms with van der Waals surface area (Å²) in [4.78, 5) is 56.1. The van der Waals surface area contributed by atoms with E-state index in [1.54, 1.807) is 13.8 Å². The van der Waals surface area contributed by atoms with Crippen LogP contribution in [0.1, 0.15) is 45.2 Å². The van der Waals surface area contributed by atoms with Crippen molar-refractivity contribution in [1.82, 2.24) is 25.9 Å². The quantitative estimate of drug-likeness (QED) is 0.121.